The van der Waals surface area contributed by atoms with E-state index in [1.165, 1.54) is 0 Å². The minimum absolute atomic E-state index is 0.260. The molecule has 0 bridgehead atoms. The number of ether oxygens (including phenoxy) is 1. The summed E-state index contributed by atoms with van der Waals surface area (Å²) in [5.74, 6) is 0. The van der Waals surface area contributed by atoms with Crippen molar-refractivity contribution in [2.75, 3.05) is 13.2 Å². The third-order valence-corrected chi connectivity index (χ3v) is 1.83. The fourth-order valence-electron chi connectivity index (χ4n) is 1.23. The smallest absolute Gasteiger partial charge is 0.404 e. The van der Waals surface area contributed by atoms with Crippen LogP contribution in [0, 0.1) is 0 Å². The molecule has 1 rings (SSSR count). The maximum Gasteiger partial charge on any atom is 0.404 e. The normalized spacial score (nSPS) is 27.4. The zero-order valence-corrected chi connectivity index (χ0v) is 6.88. The summed E-state index contributed by atoms with van der Waals surface area (Å²) in [6.45, 7) is 0.761. The summed E-state index contributed by atoms with van der Waals surface area (Å²) in [4.78, 5) is 13.0. The molecule has 7 nitrogen and oxygen atoms in total. The van der Waals surface area contributed by atoms with E-state index in [9.17, 15) is 4.79 Å². The van der Waals surface area contributed by atoms with E-state index in [1.807, 2.05) is 0 Å². The number of carbonyl (C=O) groups is 1. The molecule has 2 N–H and O–H groups in total. The van der Waals surface area contributed by atoms with E-state index in [1.54, 1.807) is 0 Å². The highest BCUT2D eigenvalue weighted by Gasteiger charge is 2.25. The largest absolute Gasteiger partial charge is 0.465 e. The van der Waals surface area contributed by atoms with Crippen molar-refractivity contribution in [2.24, 2.45) is 5.11 Å². The van der Waals surface area contributed by atoms with E-state index in [0.29, 0.717) is 13.0 Å². The van der Waals surface area contributed by atoms with Gasteiger partial charge in [-0.25, -0.2) is 4.79 Å². The lowest BCUT2D eigenvalue weighted by molar-refractivity contribution is 0.0585. The Labute approximate surface area is 74.3 Å². The summed E-state index contributed by atoms with van der Waals surface area (Å²) in [6.07, 6.45) is -0.580. The molecule has 1 amide bonds. The number of amides is 1. The first-order chi connectivity index (χ1) is 6.24. The van der Waals surface area contributed by atoms with Crippen LogP contribution in [-0.2, 0) is 4.74 Å². The average Bonchev–Trinajstić information content (AvgIpc) is 2.08. The highest BCUT2D eigenvalue weighted by molar-refractivity contribution is 5.65. The molecule has 0 aliphatic carbocycles. The first-order valence-electron chi connectivity index (χ1n) is 3.85. The van der Waals surface area contributed by atoms with Crippen molar-refractivity contribution >= 4 is 6.09 Å². The van der Waals surface area contributed by atoms with E-state index < -0.39 is 12.1 Å². The topological polar surface area (TPSA) is 107 Å². The van der Waals surface area contributed by atoms with Gasteiger partial charge in [0.15, 0.2) is 0 Å². The molecule has 0 spiro atoms. The Bertz CT molecular complexity index is 238. The highest BCUT2D eigenvalue weighted by atomic mass is 16.5. The standard InChI is InChI=1S/C6H10N4O3/c7-10-9-4-1-2-13-3-5(4)8-6(11)12/h4-5,8H,1-3H2,(H,11,12)/t4-,5-/m1/s1. The van der Waals surface area contributed by atoms with Crippen LogP contribution in [0.3, 0.4) is 0 Å². The van der Waals surface area contributed by atoms with Crippen molar-refractivity contribution in [3.8, 4) is 0 Å². The lowest BCUT2D eigenvalue weighted by Crippen LogP contribution is -2.48. The van der Waals surface area contributed by atoms with Gasteiger partial charge < -0.3 is 15.2 Å². The number of hydrogen-bond donors (Lipinski definition) is 2. The molecular weight excluding hydrogens is 176 g/mol. The second kappa shape index (κ2) is 4.54. The molecule has 1 aliphatic heterocycles. The Morgan fingerprint density at radius 1 is 1.77 bits per heavy atom. The lowest BCUT2D eigenvalue weighted by atomic mass is 10.1. The Kier molecular flexibility index (Phi) is 3.36. The van der Waals surface area contributed by atoms with Crippen LogP contribution in [0.15, 0.2) is 5.11 Å². The van der Waals surface area contributed by atoms with Gasteiger partial charge in [-0.15, -0.1) is 0 Å². The van der Waals surface area contributed by atoms with Crippen LogP contribution in [0.1, 0.15) is 6.42 Å². The van der Waals surface area contributed by atoms with Crippen molar-refractivity contribution < 1.29 is 14.6 Å². The van der Waals surface area contributed by atoms with Crippen LogP contribution in [-0.4, -0.2) is 36.5 Å². The third kappa shape index (κ3) is 2.81. The van der Waals surface area contributed by atoms with Gasteiger partial charge in [0, 0.05) is 11.5 Å². The average molecular weight is 186 g/mol. The van der Waals surface area contributed by atoms with Crippen LogP contribution in [0.5, 0.6) is 0 Å². The van der Waals surface area contributed by atoms with Crippen LogP contribution in [0.2, 0.25) is 0 Å². The Morgan fingerprint density at radius 2 is 2.54 bits per heavy atom. The Hall–Kier alpha value is -1.46. The molecule has 0 aromatic rings. The summed E-state index contributed by atoms with van der Waals surface area (Å²) in [5, 5.41) is 14.2. The number of hydrogen-bond acceptors (Lipinski definition) is 3. The number of carboxylic acid groups (broad SMARTS) is 1. The zero-order valence-electron chi connectivity index (χ0n) is 6.88. The molecular formula is C6H10N4O3. The predicted octanol–water partition coefficient (Wildman–Crippen LogP) is 0.722. The van der Waals surface area contributed by atoms with Gasteiger partial charge in [-0.05, 0) is 12.0 Å². The molecule has 1 saturated heterocycles. The van der Waals surface area contributed by atoms with Gasteiger partial charge in [-0.3, -0.25) is 0 Å². The molecule has 72 valence electrons. The SMILES string of the molecule is [N-]=[N+]=N[C@@H]1CCOC[C@H]1NC(=O)O. The van der Waals surface area contributed by atoms with Gasteiger partial charge in [0.25, 0.3) is 0 Å². The molecule has 0 saturated carbocycles. The van der Waals surface area contributed by atoms with Crippen LogP contribution < -0.4 is 5.32 Å². The van der Waals surface area contributed by atoms with E-state index in [-0.39, 0.29) is 12.6 Å². The van der Waals surface area contributed by atoms with Gasteiger partial charge in [0.1, 0.15) is 0 Å². The summed E-state index contributed by atoms with van der Waals surface area (Å²) >= 11 is 0. The van der Waals surface area contributed by atoms with Crippen LogP contribution >= 0.6 is 0 Å². The number of nitrogens with zero attached hydrogens (tertiary/aromatic N) is 3. The maximum atomic E-state index is 10.3. The van der Waals surface area contributed by atoms with Crippen molar-refractivity contribution in [2.45, 2.75) is 18.5 Å². The highest BCUT2D eigenvalue weighted by Crippen LogP contribution is 2.11. The molecule has 0 radical (unpaired) electrons. The summed E-state index contributed by atoms with van der Waals surface area (Å²) in [6, 6.07) is -0.767. The van der Waals surface area contributed by atoms with Crippen molar-refractivity contribution in [1.29, 1.82) is 0 Å². The predicted molar refractivity (Wildman–Crippen MR) is 43.3 cm³/mol. The van der Waals surface area contributed by atoms with Gasteiger partial charge >= 0.3 is 6.09 Å². The van der Waals surface area contributed by atoms with Crippen LogP contribution in [0.25, 0.3) is 10.4 Å². The van der Waals surface area contributed by atoms with Gasteiger partial charge in [-0.2, -0.15) is 0 Å². The molecule has 1 aliphatic rings. The molecule has 7 heteroatoms. The lowest BCUT2D eigenvalue weighted by Gasteiger charge is -2.27. The molecule has 1 heterocycles. The number of azide groups is 1. The quantitative estimate of drug-likeness (QED) is 0.376. The maximum absolute atomic E-state index is 10.3. The van der Waals surface area contributed by atoms with Crippen molar-refractivity contribution in [3.05, 3.63) is 10.4 Å². The molecule has 0 unspecified atom stereocenters. The van der Waals surface area contributed by atoms with Crippen molar-refractivity contribution in [1.82, 2.24) is 5.32 Å². The van der Waals surface area contributed by atoms with Crippen LogP contribution in [0.4, 0.5) is 4.79 Å². The second-order valence-corrected chi connectivity index (χ2v) is 2.69. The fraction of sp³-hybridized carbons (Fsp3) is 0.833. The van der Waals surface area contributed by atoms with E-state index in [4.69, 9.17) is 15.4 Å². The Morgan fingerprint density at radius 3 is 3.15 bits per heavy atom. The van der Waals surface area contributed by atoms with E-state index in [0.717, 1.165) is 0 Å². The first-order valence-corrected chi connectivity index (χ1v) is 3.85. The van der Waals surface area contributed by atoms with E-state index in [2.05, 4.69) is 15.3 Å². The second-order valence-electron chi connectivity index (χ2n) is 2.69. The molecule has 1 fully saturated rings. The molecule has 0 aromatic heterocycles. The monoisotopic (exact) mass is 186 g/mol. The minimum Gasteiger partial charge on any atom is -0.465 e. The molecule has 13 heavy (non-hydrogen) atoms. The minimum atomic E-state index is -1.13. The Balaban J connectivity index is 2.55. The first kappa shape index (κ1) is 9.63. The van der Waals surface area contributed by atoms with Gasteiger partial charge in [0.2, 0.25) is 0 Å². The van der Waals surface area contributed by atoms with E-state index >= 15 is 0 Å². The zero-order chi connectivity index (χ0) is 9.68. The van der Waals surface area contributed by atoms with Gasteiger partial charge in [0.05, 0.1) is 18.7 Å². The molecule has 0 aromatic carbocycles. The third-order valence-electron chi connectivity index (χ3n) is 1.83. The molecule has 2 atom stereocenters. The number of rotatable bonds is 2. The summed E-state index contributed by atoms with van der Waals surface area (Å²) in [5.41, 5.74) is 8.21. The van der Waals surface area contributed by atoms with Gasteiger partial charge in [-0.1, -0.05) is 5.11 Å². The summed E-state index contributed by atoms with van der Waals surface area (Å²) < 4.78 is 5.05. The fourth-order valence-corrected chi connectivity index (χ4v) is 1.23. The van der Waals surface area contributed by atoms with Crippen molar-refractivity contribution in [3.63, 3.8) is 0 Å². The summed E-state index contributed by atoms with van der Waals surface area (Å²) in [7, 11) is 0. The number of nitrogens with one attached hydrogen (secondary N) is 1.